The Kier molecular flexibility index (Phi) is 4.21. The Hall–Kier alpha value is -2.04. The molecule has 0 saturated heterocycles. The summed E-state index contributed by atoms with van der Waals surface area (Å²) in [5.41, 5.74) is 5.76. The van der Waals surface area contributed by atoms with Crippen molar-refractivity contribution in [1.29, 1.82) is 0 Å². The number of nitrogens with zero attached hydrogens (tertiary/aromatic N) is 1. The second kappa shape index (κ2) is 5.76. The Balaban J connectivity index is 1.93. The molecule has 2 rings (SSSR count). The lowest BCUT2D eigenvalue weighted by Gasteiger charge is -2.28. The Labute approximate surface area is 125 Å². The Bertz CT molecular complexity index is 534. The second-order valence-electron chi connectivity index (χ2n) is 6.39. The van der Waals surface area contributed by atoms with Crippen molar-refractivity contribution in [3.05, 3.63) is 35.9 Å². The maximum absolute atomic E-state index is 12.4. The Morgan fingerprint density at radius 3 is 2.52 bits per heavy atom. The number of nitrogens with two attached hydrogens (primary N) is 1. The van der Waals surface area contributed by atoms with Gasteiger partial charge in [-0.05, 0) is 45.1 Å². The molecule has 4 N–H and O–H groups in total. The fourth-order valence-electron chi connectivity index (χ4n) is 2.41. The van der Waals surface area contributed by atoms with Crippen molar-refractivity contribution in [3.8, 4) is 0 Å². The zero-order valence-electron chi connectivity index (χ0n) is 12.6. The first-order valence-corrected chi connectivity index (χ1v) is 7.24. The summed E-state index contributed by atoms with van der Waals surface area (Å²) in [6.45, 7) is 3.99. The van der Waals surface area contributed by atoms with Crippen LogP contribution in [-0.4, -0.2) is 22.5 Å². The van der Waals surface area contributed by atoms with E-state index in [0.29, 0.717) is 12.8 Å². The van der Waals surface area contributed by atoms with Crippen molar-refractivity contribution < 1.29 is 10.0 Å². The lowest BCUT2D eigenvalue weighted by Crippen LogP contribution is -2.50. The number of amides is 1. The molecule has 114 valence electrons. The van der Waals surface area contributed by atoms with Crippen molar-refractivity contribution in [2.75, 3.05) is 0 Å². The highest BCUT2D eigenvalue weighted by Gasteiger charge is 2.54. The number of benzene rings is 1. The van der Waals surface area contributed by atoms with E-state index >= 15 is 0 Å². The number of carbonyl (C=O) groups is 1. The summed E-state index contributed by atoms with van der Waals surface area (Å²) < 4.78 is 0. The molecule has 0 aliphatic heterocycles. The second-order valence-corrected chi connectivity index (χ2v) is 6.39. The molecular formula is C16H23N3O2. The van der Waals surface area contributed by atoms with Crippen LogP contribution in [0.1, 0.15) is 38.7 Å². The average Bonchev–Trinajstić information content (AvgIpc) is 3.27. The predicted octanol–water partition coefficient (Wildman–Crippen LogP) is 2.04. The summed E-state index contributed by atoms with van der Waals surface area (Å²) in [5.74, 6) is -0.130. The lowest BCUT2D eigenvalue weighted by molar-refractivity contribution is -0.125. The highest BCUT2D eigenvalue weighted by molar-refractivity contribution is 6.09. The van der Waals surface area contributed by atoms with Crippen LogP contribution in [0.15, 0.2) is 35.5 Å². The zero-order valence-corrected chi connectivity index (χ0v) is 12.6. The van der Waals surface area contributed by atoms with Crippen molar-refractivity contribution >= 4 is 11.7 Å². The summed E-state index contributed by atoms with van der Waals surface area (Å²) in [7, 11) is 0. The van der Waals surface area contributed by atoms with Gasteiger partial charge in [0.1, 0.15) is 5.41 Å². The van der Waals surface area contributed by atoms with Crippen LogP contribution in [0.25, 0.3) is 0 Å². The largest absolute Gasteiger partial charge is 0.409 e. The van der Waals surface area contributed by atoms with Crippen LogP contribution in [0, 0.1) is 5.41 Å². The third-order valence-corrected chi connectivity index (χ3v) is 4.12. The van der Waals surface area contributed by atoms with E-state index in [9.17, 15) is 4.79 Å². The van der Waals surface area contributed by atoms with Gasteiger partial charge in [0.2, 0.25) is 5.91 Å². The number of oxime groups is 1. The maximum Gasteiger partial charge on any atom is 0.234 e. The molecule has 1 aliphatic rings. The highest BCUT2D eigenvalue weighted by atomic mass is 16.4. The molecule has 0 radical (unpaired) electrons. The molecule has 1 fully saturated rings. The van der Waals surface area contributed by atoms with Crippen LogP contribution in [-0.2, 0) is 11.2 Å². The molecule has 1 amide bonds. The van der Waals surface area contributed by atoms with Crippen molar-refractivity contribution in [1.82, 2.24) is 5.32 Å². The van der Waals surface area contributed by atoms with Crippen molar-refractivity contribution in [2.45, 2.75) is 45.1 Å². The highest BCUT2D eigenvalue weighted by Crippen LogP contribution is 2.46. The van der Waals surface area contributed by atoms with E-state index in [2.05, 4.69) is 22.6 Å². The smallest absolute Gasteiger partial charge is 0.234 e. The third-order valence-electron chi connectivity index (χ3n) is 4.12. The van der Waals surface area contributed by atoms with Crippen molar-refractivity contribution in [3.63, 3.8) is 0 Å². The van der Waals surface area contributed by atoms with Gasteiger partial charge in [-0.15, -0.1) is 0 Å². The van der Waals surface area contributed by atoms with Crippen molar-refractivity contribution in [2.24, 2.45) is 16.3 Å². The van der Waals surface area contributed by atoms with Gasteiger partial charge in [0.15, 0.2) is 5.84 Å². The van der Waals surface area contributed by atoms with Gasteiger partial charge in [-0.25, -0.2) is 0 Å². The van der Waals surface area contributed by atoms with Gasteiger partial charge in [-0.1, -0.05) is 35.5 Å². The minimum Gasteiger partial charge on any atom is -0.409 e. The van der Waals surface area contributed by atoms with Crippen LogP contribution in [0.2, 0.25) is 0 Å². The number of aryl methyl sites for hydroxylation is 1. The molecule has 1 aromatic carbocycles. The zero-order chi connectivity index (χ0) is 15.5. The number of carbonyl (C=O) groups excluding carboxylic acids is 1. The monoisotopic (exact) mass is 289 g/mol. The normalized spacial score (nSPS) is 17.3. The molecule has 0 atom stereocenters. The predicted molar refractivity (Wildman–Crippen MR) is 82.1 cm³/mol. The first-order chi connectivity index (χ1) is 9.89. The molecule has 1 aliphatic carbocycles. The van der Waals surface area contributed by atoms with Crippen LogP contribution < -0.4 is 11.1 Å². The number of nitrogens with one attached hydrogen (secondary N) is 1. The Morgan fingerprint density at radius 2 is 2.00 bits per heavy atom. The number of amidine groups is 1. The molecule has 5 nitrogen and oxygen atoms in total. The van der Waals surface area contributed by atoms with E-state index in [1.54, 1.807) is 0 Å². The van der Waals surface area contributed by atoms with E-state index < -0.39 is 5.41 Å². The van der Waals surface area contributed by atoms with Gasteiger partial charge in [0.25, 0.3) is 0 Å². The molecule has 21 heavy (non-hydrogen) atoms. The third kappa shape index (κ3) is 3.54. The summed E-state index contributed by atoms with van der Waals surface area (Å²) in [5, 5.41) is 14.8. The number of hydrogen-bond acceptors (Lipinski definition) is 3. The number of hydrogen-bond donors (Lipinski definition) is 3. The van der Waals surface area contributed by atoms with E-state index in [1.165, 1.54) is 5.56 Å². The van der Waals surface area contributed by atoms with Gasteiger partial charge in [0, 0.05) is 5.54 Å². The molecule has 1 aromatic rings. The minimum atomic E-state index is -0.793. The molecule has 1 saturated carbocycles. The van der Waals surface area contributed by atoms with Gasteiger partial charge in [-0.3, -0.25) is 4.79 Å². The molecule has 0 heterocycles. The minimum absolute atomic E-state index is 0.0128. The average molecular weight is 289 g/mol. The van der Waals surface area contributed by atoms with Gasteiger partial charge in [0.05, 0.1) is 0 Å². The molecule has 0 spiro atoms. The summed E-state index contributed by atoms with van der Waals surface area (Å²) in [4.78, 5) is 12.4. The first kappa shape index (κ1) is 15.4. The fourth-order valence-corrected chi connectivity index (χ4v) is 2.41. The molecule has 5 heteroatoms. The fraction of sp³-hybridized carbons (Fsp3) is 0.500. The van der Waals surface area contributed by atoms with E-state index in [4.69, 9.17) is 10.9 Å². The summed E-state index contributed by atoms with van der Waals surface area (Å²) >= 11 is 0. The molecule has 0 bridgehead atoms. The summed E-state index contributed by atoms with van der Waals surface area (Å²) in [6.07, 6.45) is 3.01. The van der Waals surface area contributed by atoms with Gasteiger partial charge in [-0.2, -0.15) is 0 Å². The number of rotatable bonds is 6. The van der Waals surface area contributed by atoms with Crippen LogP contribution in [0.5, 0.6) is 0 Å². The molecule has 0 unspecified atom stereocenters. The maximum atomic E-state index is 12.4. The molecule has 0 aromatic heterocycles. The SMILES string of the molecule is CC(C)(CCc1ccccc1)NC(=O)C1(/C(N)=N/O)CC1. The van der Waals surface area contributed by atoms with Crippen LogP contribution in [0.4, 0.5) is 0 Å². The Morgan fingerprint density at radius 1 is 1.38 bits per heavy atom. The quantitative estimate of drug-likeness (QED) is 0.324. The molecular weight excluding hydrogens is 266 g/mol. The van der Waals surface area contributed by atoms with E-state index in [0.717, 1.165) is 12.8 Å². The van der Waals surface area contributed by atoms with Gasteiger partial charge < -0.3 is 16.3 Å². The van der Waals surface area contributed by atoms with Gasteiger partial charge >= 0.3 is 0 Å². The first-order valence-electron chi connectivity index (χ1n) is 7.24. The standard InChI is InChI=1S/C16H23N3O2/c1-15(2,9-8-12-6-4-3-5-7-12)18-14(20)16(10-11-16)13(17)19-21/h3-7,21H,8-11H2,1-2H3,(H2,17,19)(H,18,20). The van der Waals surface area contributed by atoms with E-state index in [1.807, 2.05) is 32.0 Å². The van der Waals surface area contributed by atoms with Crippen LogP contribution in [0.3, 0.4) is 0 Å². The lowest BCUT2D eigenvalue weighted by atomic mass is 9.93. The summed E-state index contributed by atoms with van der Waals surface area (Å²) in [6, 6.07) is 10.2. The van der Waals surface area contributed by atoms with E-state index in [-0.39, 0.29) is 17.3 Å². The van der Waals surface area contributed by atoms with Crippen LogP contribution >= 0.6 is 0 Å². The topological polar surface area (TPSA) is 87.7 Å².